The van der Waals surface area contributed by atoms with Gasteiger partial charge in [0.15, 0.2) is 5.65 Å². The van der Waals surface area contributed by atoms with Gasteiger partial charge >= 0.3 is 0 Å². The predicted octanol–water partition coefficient (Wildman–Crippen LogP) is 3.02. The molecule has 1 aliphatic heterocycles. The molecule has 0 saturated heterocycles. The minimum absolute atomic E-state index is 0.00810. The Morgan fingerprint density at radius 1 is 1.12 bits per heavy atom. The second-order valence-electron chi connectivity index (χ2n) is 7.35. The number of fused-ring (bicyclic) bond motifs is 2. The van der Waals surface area contributed by atoms with Crippen molar-refractivity contribution in [1.82, 2.24) is 19.3 Å². The SMILES string of the molecule is CC(C)(C)n1ncc2c(=O)n3c(nc21)CN(c1ccc(Cl)cc1)CC3. The molecule has 0 unspecified atom stereocenters. The summed E-state index contributed by atoms with van der Waals surface area (Å²) in [5.74, 6) is 0.768. The predicted molar refractivity (Wildman–Crippen MR) is 99.3 cm³/mol. The van der Waals surface area contributed by atoms with E-state index in [9.17, 15) is 4.79 Å². The van der Waals surface area contributed by atoms with Crippen molar-refractivity contribution in [2.45, 2.75) is 39.4 Å². The first-order valence-corrected chi connectivity index (χ1v) is 8.71. The molecule has 3 heterocycles. The van der Waals surface area contributed by atoms with Crippen LogP contribution in [0.5, 0.6) is 0 Å². The molecule has 0 aliphatic carbocycles. The lowest BCUT2D eigenvalue weighted by Gasteiger charge is -2.31. The van der Waals surface area contributed by atoms with Crippen LogP contribution in [0.15, 0.2) is 35.3 Å². The van der Waals surface area contributed by atoms with Gasteiger partial charge in [-0.2, -0.15) is 5.10 Å². The van der Waals surface area contributed by atoms with E-state index >= 15 is 0 Å². The molecule has 0 bridgehead atoms. The number of nitrogens with zero attached hydrogens (tertiary/aromatic N) is 5. The molecule has 0 amide bonds. The fourth-order valence-electron chi connectivity index (χ4n) is 3.23. The van der Waals surface area contributed by atoms with Gasteiger partial charge in [-0.3, -0.25) is 9.36 Å². The smallest absolute Gasteiger partial charge is 0.264 e. The molecule has 25 heavy (non-hydrogen) atoms. The summed E-state index contributed by atoms with van der Waals surface area (Å²) in [6.07, 6.45) is 1.63. The van der Waals surface area contributed by atoms with Gasteiger partial charge in [0.05, 0.1) is 18.3 Å². The maximum Gasteiger partial charge on any atom is 0.264 e. The molecule has 0 saturated carbocycles. The number of rotatable bonds is 1. The molecule has 1 aliphatic rings. The molecule has 2 aromatic heterocycles. The molecular formula is C18H20ClN5O. The van der Waals surface area contributed by atoms with Crippen molar-refractivity contribution in [2.24, 2.45) is 0 Å². The fourth-order valence-corrected chi connectivity index (χ4v) is 3.36. The van der Waals surface area contributed by atoms with Crippen LogP contribution in [-0.4, -0.2) is 25.9 Å². The second kappa shape index (κ2) is 5.59. The number of aromatic nitrogens is 4. The average molecular weight is 358 g/mol. The first-order chi connectivity index (χ1) is 11.8. The van der Waals surface area contributed by atoms with Gasteiger partial charge in [0.1, 0.15) is 11.2 Å². The zero-order chi connectivity index (χ0) is 17.8. The fraction of sp³-hybridized carbons (Fsp3) is 0.389. The standard InChI is InChI=1S/C18H20ClN5O/c1-18(2,3)24-16-14(10-20-24)17(25)23-9-8-22(11-15(23)21-16)13-6-4-12(19)5-7-13/h4-7,10H,8-9,11H2,1-3H3. The van der Waals surface area contributed by atoms with Crippen LogP contribution < -0.4 is 10.5 Å². The van der Waals surface area contributed by atoms with Gasteiger partial charge in [-0.1, -0.05) is 11.6 Å². The third kappa shape index (κ3) is 2.70. The third-order valence-corrected chi connectivity index (χ3v) is 4.77. The number of anilines is 1. The molecule has 7 heteroatoms. The van der Waals surface area contributed by atoms with Crippen LogP contribution in [0.2, 0.25) is 5.02 Å². The molecule has 0 atom stereocenters. The summed E-state index contributed by atoms with van der Waals surface area (Å²) in [5, 5.41) is 5.69. The maximum atomic E-state index is 12.8. The highest BCUT2D eigenvalue weighted by Crippen LogP contribution is 2.24. The minimum Gasteiger partial charge on any atom is -0.362 e. The van der Waals surface area contributed by atoms with Gasteiger partial charge < -0.3 is 4.90 Å². The average Bonchev–Trinajstić information content (AvgIpc) is 2.99. The number of hydrogen-bond donors (Lipinski definition) is 0. The summed E-state index contributed by atoms with van der Waals surface area (Å²) < 4.78 is 3.59. The van der Waals surface area contributed by atoms with Crippen molar-refractivity contribution in [3.8, 4) is 0 Å². The van der Waals surface area contributed by atoms with Crippen LogP contribution in [0.1, 0.15) is 26.6 Å². The summed E-state index contributed by atoms with van der Waals surface area (Å²) in [5.41, 5.74) is 1.49. The van der Waals surface area contributed by atoms with E-state index in [0.717, 1.165) is 18.1 Å². The second-order valence-corrected chi connectivity index (χ2v) is 7.78. The molecule has 1 aromatic carbocycles. The van der Waals surface area contributed by atoms with Crippen molar-refractivity contribution in [1.29, 1.82) is 0 Å². The number of halogens is 1. The van der Waals surface area contributed by atoms with Crippen LogP contribution >= 0.6 is 11.6 Å². The van der Waals surface area contributed by atoms with E-state index < -0.39 is 0 Å². The molecule has 3 aromatic rings. The Bertz CT molecular complexity index is 997. The third-order valence-electron chi connectivity index (χ3n) is 4.52. The van der Waals surface area contributed by atoms with E-state index in [0.29, 0.717) is 29.1 Å². The number of hydrogen-bond acceptors (Lipinski definition) is 4. The molecule has 0 radical (unpaired) electrons. The van der Waals surface area contributed by atoms with Crippen LogP contribution in [0.25, 0.3) is 11.0 Å². The van der Waals surface area contributed by atoms with E-state index in [2.05, 4.69) is 30.8 Å². The molecule has 0 fully saturated rings. The molecule has 130 valence electrons. The molecule has 4 rings (SSSR count). The number of benzene rings is 1. The van der Waals surface area contributed by atoms with Crippen molar-refractivity contribution < 1.29 is 0 Å². The van der Waals surface area contributed by atoms with Gasteiger partial charge in [-0.25, -0.2) is 9.67 Å². The van der Waals surface area contributed by atoms with Crippen LogP contribution in [-0.2, 0) is 18.6 Å². The molecule has 6 nitrogen and oxygen atoms in total. The van der Waals surface area contributed by atoms with E-state index in [4.69, 9.17) is 16.6 Å². The zero-order valence-corrected chi connectivity index (χ0v) is 15.3. The van der Waals surface area contributed by atoms with Gasteiger partial charge in [0.2, 0.25) is 0 Å². The van der Waals surface area contributed by atoms with E-state index in [-0.39, 0.29) is 11.1 Å². The van der Waals surface area contributed by atoms with Crippen molar-refractivity contribution in [2.75, 3.05) is 11.4 Å². The van der Waals surface area contributed by atoms with Crippen molar-refractivity contribution in [3.63, 3.8) is 0 Å². The monoisotopic (exact) mass is 357 g/mol. The normalized spacial score (nSPS) is 14.8. The molecule has 0 spiro atoms. The summed E-state index contributed by atoms with van der Waals surface area (Å²) in [6.45, 7) is 8.12. The van der Waals surface area contributed by atoms with Gasteiger partial charge in [-0.05, 0) is 45.0 Å². The van der Waals surface area contributed by atoms with E-state index in [1.807, 2.05) is 28.9 Å². The van der Waals surface area contributed by atoms with Crippen LogP contribution in [0.4, 0.5) is 5.69 Å². The summed E-state index contributed by atoms with van der Waals surface area (Å²) >= 11 is 5.98. The van der Waals surface area contributed by atoms with E-state index in [1.54, 1.807) is 10.8 Å². The zero-order valence-electron chi connectivity index (χ0n) is 14.5. The highest BCUT2D eigenvalue weighted by atomic mass is 35.5. The quantitative estimate of drug-likeness (QED) is 0.671. The van der Waals surface area contributed by atoms with Crippen LogP contribution in [0.3, 0.4) is 0 Å². The molecular weight excluding hydrogens is 338 g/mol. The largest absolute Gasteiger partial charge is 0.362 e. The van der Waals surface area contributed by atoms with Crippen LogP contribution in [0, 0.1) is 0 Å². The van der Waals surface area contributed by atoms with Crippen molar-refractivity contribution in [3.05, 3.63) is 51.7 Å². The summed E-state index contributed by atoms with van der Waals surface area (Å²) in [6, 6.07) is 7.75. The summed E-state index contributed by atoms with van der Waals surface area (Å²) in [4.78, 5) is 19.8. The highest BCUT2D eigenvalue weighted by molar-refractivity contribution is 6.30. The Hall–Kier alpha value is -2.34. The lowest BCUT2D eigenvalue weighted by atomic mass is 10.1. The van der Waals surface area contributed by atoms with Crippen molar-refractivity contribution >= 4 is 28.3 Å². The topological polar surface area (TPSA) is 56.0 Å². The first kappa shape index (κ1) is 16.1. The molecule has 0 N–H and O–H groups in total. The Balaban J connectivity index is 1.80. The Morgan fingerprint density at radius 2 is 1.84 bits per heavy atom. The lowest BCUT2D eigenvalue weighted by molar-refractivity contribution is 0.365. The Kier molecular flexibility index (Phi) is 3.61. The highest BCUT2D eigenvalue weighted by Gasteiger charge is 2.24. The maximum absolute atomic E-state index is 12.8. The minimum atomic E-state index is -0.232. The van der Waals surface area contributed by atoms with Gasteiger partial charge in [-0.15, -0.1) is 0 Å². The first-order valence-electron chi connectivity index (χ1n) is 8.33. The van der Waals surface area contributed by atoms with E-state index in [1.165, 1.54) is 0 Å². The lowest BCUT2D eigenvalue weighted by Crippen LogP contribution is -2.40. The summed E-state index contributed by atoms with van der Waals surface area (Å²) in [7, 11) is 0. The Morgan fingerprint density at radius 3 is 2.52 bits per heavy atom. The Labute approximate surface area is 150 Å². The van der Waals surface area contributed by atoms with Gasteiger partial charge in [0.25, 0.3) is 5.56 Å². The van der Waals surface area contributed by atoms with Gasteiger partial charge in [0, 0.05) is 23.8 Å².